The minimum atomic E-state index is -1.54. The maximum Gasteiger partial charge on any atom is 0.326 e. The number of carboxylic acid groups (broad SMARTS) is 2. The van der Waals surface area contributed by atoms with Crippen molar-refractivity contribution in [2.75, 3.05) is 5.75 Å². The molecule has 0 saturated carbocycles. The Morgan fingerprint density at radius 3 is 1.86 bits per heavy atom. The second-order valence-corrected chi connectivity index (χ2v) is 8.48. The number of carboxylic acids is 2. The number of hydrogen-bond donors (Lipinski definition) is 9. The molecule has 0 bridgehead atoms. The Morgan fingerprint density at radius 1 is 0.811 bits per heavy atom. The maximum absolute atomic E-state index is 12.9. The van der Waals surface area contributed by atoms with E-state index >= 15 is 0 Å². The van der Waals surface area contributed by atoms with E-state index in [0.717, 1.165) is 0 Å². The van der Waals surface area contributed by atoms with E-state index in [4.69, 9.17) is 16.6 Å². The Labute approximate surface area is 217 Å². The number of carbonyl (C=O) groups excluding carboxylic acids is 4. The Bertz CT molecular complexity index is 989. The number of phenolic OH excluding ortho intramolecular Hbond substituents is 1. The lowest BCUT2D eigenvalue weighted by Crippen LogP contribution is -2.58. The van der Waals surface area contributed by atoms with Crippen LogP contribution in [0.1, 0.15) is 31.2 Å². The number of aliphatic carboxylic acids is 2. The monoisotopic (exact) mass is 541 g/mol. The van der Waals surface area contributed by atoms with Crippen LogP contribution in [0.5, 0.6) is 5.75 Å². The van der Waals surface area contributed by atoms with Gasteiger partial charge in [-0.1, -0.05) is 12.1 Å². The van der Waals surface area contributed by atoms with E-state index in [1.54, 1.807) is 0 Å². The number of primary amides is 1. The van der Waals surface area contributed by atoms with Crippen LogP contribution in [0.25, 0.3) is 0 Å². The molecule has 0 aromatic heterocycles. The lowest BCUT2D eigenvalue weighted by molar-refractivity contribution is -0.143. The summed E-state index contributed by atoms with van der Waals surface area (Å²) in [7, 11) is 0. The Kier molecular flexibility index (Phi) is 12.9. The van der Waals surface area contributed by atoms with Crippen molar-refractivity contribution in [2.45, 2.75) is 56.3 Å². The lowest BCUT2D eigenvalue weighted by Gasteiger charge is -2.24. The van der Waals surface area contributed by atoms with Gasteiger partial charge in [0.1, 0.15) is 23.9 Å². The number of nitrogens with one attached hydrogen (secondary N) is 3. The highest BCUT2D eigenvalue weighted by molar-refractivity contribution is 7.80. The summed E-state index contributed by atoms with van der Waals surface area (Å²) in [5.41, 5.74) is 11.2. The molecular weight excluding hydrogens is 510 g/mol. The second-order valence-electron chi connectivity index (χ2n) is 8.12. The fourth-order valence-electron chi connectivity index (χ4n) is 3.05. The molecule has 0 heterocycles. The molecule has 37 heavy (non-hydrogen) atoms. The molecule has 0 fully saturated rings. The van der Waals surface area contributed by atoms with Crippen molar-refractivity contribution in [3.05, 3.63) is 29.8 Å². The van der Waals surface area contributed by atoms with Crippen LogP contribution in [0.4, 0.5) is 0 Å². The summed E-state index contributed by atoms with van der Waals surface area (Å²) >= 11 is 4.04. The average Bonchev–Trinajstić information content (AvgIpc) is 2.83. The summed E-state index contributed by atoms with van der Waals surface area (Å²) in [6, 6.07) is 0.412. The van der Waals surface area contributed by atoms with E-state index in [0.29, 0.717) is 5.56 Å². The molecule has 0 aliphatic rings. The van der Waals surface area contributed by atoms with Crippen molar-refractivity contribution in [3.63, 3.8) is 0 Å². The number of thiol groups is 1. The number of benzene rings is 1. The number of amides is 4. The summed E-state index contributed by atoms with van der Waals surface area (Å²) in [6.45, 7) is 0. The van der Waals surface area contributed by atoms with Crippen LogP contribution in [0, 0.1) is 0 Å². The largest absolute Gasteiger partial charge is 0.508 e. The number of phenols is 1. The van der Waals surface area contributed by atoms with E-state index in [-0.39, 0.29) is 30.8 Å². The van der Waals surface area contributed by atoms with Gasteiger partial charge in [-0.15, -0.1) is 0 Å². The number of hydrogen-bond acceptors (Lipinski definition) is 9. The molecule has 1 aromatic rings. The van der Waals surface area contributed by atoms with Gasteiger partial charge in [0.15, 0.2) is 0 Å². The van der Waals surface area contributed by atoms with Crippen LogP contribution in [-0.4, -0.2) is 80.8 Å². The van der Waals surface area contributed by atoms with Gasteiger partial charge in [0, 0.05) is 25.0 Å². The van der Waals surface area contributed by atoms with E-state index < -0.39 is 72.6 Å². The molecule has 0 saturated heterocycles. The first-order valence-electron chi connectivity index (χ1n) is 11.1. The van der Waals surface area contributed by atoms with Gasteiger partial charge in [-0.25, -0.2) is 4.79 Å². The van der Waals surface area contributed by atoms with Crippen LogP contribution < -0.4 is 27.4 Å². The van der Waals surface area contributed by atoms with E-state index in [1.807, 2.05) is 0 Å². The third-order valence-corrected chi connectivity index (χ3v) is 5.49. The SMILES string of the molecule is NC(=O)CCC(N)C(=O)NC(CS)C(=O)NC(Cc1ccc(O)cc1)C(=O)NC(CCC(=O)O)C(=O)O. The molecule has 0 aliphatic heterocycles. The summed E-state index contributed by atoms with van der Waals surface area (Å²) in [6.07, 6.45) is -1.24. The normalized spacial score (nSPS) is 13.9. The fraction of sp³-hybridized carbons (Fsp3) is 0.455. The molecule has 4 atom stereocenters. The van der Waals surface area contributed by atoms with Crippen molar-refractivity contribution >= 4 is 48.2 Å². The topological polar surface area (TPSA) is 251 Å². The molecule has 4 amide bonds. The second kappa shape index (κ2) is 15.3. The highest BCUT2D eigenvalue weighted by atomic mass is 32.1. The van der Waals surface area contributed by atoms with Gasteiger partial charge in [0.25, 0.3) is 0 Å². The van der Waals surface area contributed by atoms with Gasteiger partial charge in [-0.2, -0.15) is 12.6 Å². The lowest BCUT2D eigenvalue weighted by atomic mass is 10.0. The van der Waals surface area contributed by atoms with Crippen LogP contribution in [0.15, 0.2) is 24.3 Å². The first-order valence-corrected chi connectivity index (χ1v) is 11.8. The quantitative estimate of drug-likeness (QED) is 0.103. The maximum atomic E-state index is 12.9. The minimum Gasteiger partial charge on any atom is -0.508 e. The van der Waals surface area contributed by atoms with Gasteiger partial charge in [0.2, 0.25) is 23.6 Å². The third kappa shape index (κ3) is 11.6. The van der Waals surface area contributed by atoms with Gasteiger partial charge in [-0.05, 0) is 30.5 Å². The van der Waals surface area contributed by atoms with Crippen molar-refractivity contribution in [3.8, 4) is 5.75 Å². The molecule has 0 spiro atoms. The smallest absolute Gasteiger partial charge is 0.326 e. The van der Waals surface area contributed by atoms with Gasteiger partial charge in [-0.3, -0.25) is 24.0 Å². The summed E-state index contributed by atoms with van der Waals surface area (Å²) < 4.78 is 0. The molecule has 204 valence electrons. The minimum absolute atomic E-state index is 0.0427. The molecule has 14 nitrogen and oxygen atoms in total. The predicted octanol–water partition coefficient (Wildman–Crippen LogP) is -2.14. The third-order valence-electron chi connectivity index (χ3n) is 5.12. The van der Waals surface area contributed by atoms with Crippen LogP contribution in [0.3, 0.4) is 0 Å². The number of nitrogens with two attached hydrogens (primary N) is 2. The molecule has 15 heteroatoms. The zero-order valence-corrected chi connectivity index (χ0v) is 20.6. The molecule has 10 N–H and O–H groups in total. The number of rotatable bonds is 16. The molecule has 0 radical (unpaired) electrons. The zero-order valence-electron chi connectivity index (χ0n) is 19.8. The zero-order chi connectivity index (χ0) is 28.1. The molecule has 1 rings (SSSR count). The molecule has 0 aliphatic carbocycles. The average molecular weight is 542 g/mol. The van der Waals surface area contributed by atoms with Gasteiger partial charge >= 0.3 is 11.9 Å². The summed E-state index contributed by atoms with van der Waals surface area (Å²) in [4.78, 5) is 71.4. The van der Waals surface area contributed by atoms with Crippen LogP contribution in [-0.2, 0) is 35.2 Å². The van der Waals surface area contributed by atoms with Crippen molar-refractivity contribution < 1.29 is 44.1 Å². The highest BCUT2D eigenvalue weighted by Gasteiger charge is 2.30. The van der Waals surface area contributed by atoms with E-state index in [2.05, 4.69) is 28.6 Å². The van der Waals surface area contributed by atoms with E-state index in [9.17, 15) is 39.0 Å². The Balaban J connectivity index is 3.03. The van der Waals surface area contributed by atoms with Crippen LogP contribution in [0.2, 0.25) is 0 Å². The standard InChI is InChI=1S/C22H31N5O9S/c23-13(5-7-17(24)29)19(32)27-16(10-37)21(34)26-15(9-11-1-3-12(28)4-2-11)20(33)25-14(22(35)36)6-8-18(30)31/h1-4,13-16,28,37H,5-10,23H2,(H2,24,29)(H,25,33)(H,26,34)(H,27,32)(H,30,31)(H,35,36). The molecular formula is C22H31N5O9S. The Morgan fingerprint density at radius 2 is 1.35 bits per heavy atom. The fourth-order valence-corrected chi connectivity index (χ4v) is 3.31. The number of carbonyl (C=O) groups is 6. The predicted molar refractivity (Wildman–Crippen MR) is 132 cm³/mol. The van der Waals surface area contributed by atoms with E-state index in [1.165, 1.54) is 24.3 Å². The van der Waals surface area contributed by atoms with Crippen LogP contribution >= 0.6 is 12.6 Å². The molecule has 4 unspecified atom stereocenters. The first-order chi connectivity index (χ1) is 17.3. The summed E-state index contributed by atoms with van der Waals surface area (Å²) in [5.74, 6) is -6.11. The first kappa shape index (κ1) is 31.2. The number of aromatic hydroxyl groups is 1. The molecule has 1 aromatic carbocycles. The van der Waals surface area contributed by atoms with Crippen molar-refractivity contribution in [2.24, 2.45) is 11.5 Å². The Hall–Kier alpha value is -3.85. The van der Waals surface area contributed by atoms with Crippen molar-refractivity contribution in [1.29, 1.82) is 0 Å². The van der Waals surface area contributed by atoms with Crippen molar-refractivity contribution in [1.82, 2.24) is 16.0 Å². The summed E-state index contributed by atoms with van der Waals surface area (Å²) in [5, 5.41) is 34.7. The van der Waals surface area contributed by atoms with Gasteiger partial charge < -0.3 is 42.7 Å². The van der Waals surface area contributed by atoms with Gasteiger partial charge in [0.05, 0.1) is 6.04 Å². The highest BCUT2D eigenvalue weighted by Crippen LogP contribution is 2.12.